The van der Waals surface area contributed by atoms with Crippen molar-refractivity contribution in [1.29, 1.82) is 0 Å². The Labute approximate surface area is 100 Å². The summed E-state index contributed by atoms with van der Waals surface area (Å²) in [5, 5.41) is 9.05. The maximum absolute atomic E-state index is 11.0. The average Bonchev–Trinajstić information content (AvgIpc) is 3.12. The van der Waals surface area contributed by atoms with Gasteiger partial charge in [-0.25, -0.2) is 14.8 Å². The largest absolute Gasteiger partial charge is 0.478 e. The van der Waals surface area contributed by atoms with Gasteiger partial charge in [0.15, 0.2) is 0 Å². The van der Waals surface area contributed by atoms with Crippen molar-refractivity contribution in [3.63, 3.8) is 0 Å². The highest BCUT2D eigenvalue weighted by Crippen LogP contribution is 2.30. The minimum absolute atomic E-state index is 0.210. The summed E-state index contributed by atoms with van der Waals surface area (Å²) in [4.78, 5) is 21.1. The molecular formula is C12H17N3O2. The highest BCUT2D eigenvalue weighted by atomic mass is 16.4. The van der Waals surface area contributed by atoms with Crippen molar-refractivity contribution < 1.29 is 9.90 Å². The molecule has 0 saturated heterocycles. The molecule has 0 unspecified atom stereocenters. The number of rotatable bonds is 6. The minimum atomic E-state index is -0.955. The van der Waals surface area contributed by atoms with Gasteiger partial charge < -0.3 is 5.11 Å². The van der Waals surface area contributed by atoms with Gasteiger partial charge in [-0.15, -0.1) is 0 Å². The normalized spacial score (nSPS) is 15.2. The topological polar surface area (TPSA) is 66.3 Å². The molecule has 0 aliphatic heterocycles. The van der Waals surface area contributed by atoms with Crippen LogP contribution in [0.3, 0.4) is 0 Å². The van der Waals surface area contributed by atoms with E-state index in [4.69, 9.17) is 5.11 Å². The zero-order chi connectivity index (χ0) is 12.3. The van der Waals surface area contributed by atoms with E-state index in [1.165, 1.54) is 25.4 Å². The molecule has 1 aromatic rings. The van der Waals surface area contributed by atoms with E-state index in [0.717, 1.165) is 19.0 Å². The number of nitrogens with zero attached hydrogens (tertiary/aromatic N) is 3. The highest BCUT2D eigenvalue weighted by molar-refractivity contribution is 5.88. The number of carbonyl (C=O) groups is 1. The third kappa shape index (κ3) is 3.23. The summed E-state index contributed by atoms with van der Waals surface area (Å²) < 4.78 is 0. The molecule has 0 aromatic carbocycles. The van der Waals surface area contributed by atoms with Crippen molar-refractivity contribution in [3.8, 4) is 0 Å². The molecule has 1 aromatic heterocycles. The minimum Gasteiger partial charge on any atom is -0.478 e. The predicted molar refractivity (Wildman–Crippen MR) is 62.7 cm³/mol. The van der Waals surface area contributed by atoms with Gasteiger partial charge >= 0.3 is 5.97 Å². The molecule has 1 N–H and O–H groups in total. The summed E-state index contributed by atoms with van der Waals surface area (Å²) in [6, 6.07) is 0. The van der Waals surface area contributed by atoms with Crippen LogP contribution < -0.4 is 0 Å². The number of carboxylic acids is 1. The molecule has 92 valence electrons. The van der Waals surface area contributed by atoms with Crippen LogP contribution in [-0.4, -0.2) is 39.0 Å². The Balaban J connectivity index is 2.07. The van der Waals surface area contributed by atoms with E-state index in [9.17, 15) is 4.79 Å². The molecule has 1 heterocycles. The first-order chi connectivity index (χ1) is 8.20. The third-order valence-corrected chi connectivity index (χ3v) is 3.06. The lowest BCUT2D eigenvalue weighted by Crippen LogP contribution is -2.26. The molecule has 0 radical (unpaired) electrons. The van der Waals surface area contributed by atoms with Gasteiger partial charge in [0.1, 0.15) is 11.9 Å². The van der Waals surface area contributed by atoms with Crippen LogP contribution in [0.25, 0.3) is 0 Å². The molecule has 5 heteroatoms. The Morgan fingerprint density at radius 1 is 1.59 bits per heavy atom. The van der Waals surface area contributed by atoms with Crippen molar-refractivity contribution in [2.75, 3.05) is 13.1 Å². The van der Waals surface area contributed by atoms with E-state index in [-0.39, 0.29) is 5.56 Å². The Hall–Kier alpha value is -1.49. The maximum atomic E-state index is 11.0. The summed E-state index contributed by atoms with van der Waals surface area (Å²) in [7, 11) is 0. The second kappa shape index (κ2) is 5.23. The van der Waals surface area contributed by atoms with Gasteiger partial charge in [-0.2, -0.15) is 0 Å². The Morgan fingerprint density at radius 2 is 2.35 bits per heavy atom. The van der Waals surface area contributed by atoms with Crippen LogP contribution in [0.2, 0.25) is 0 Å². The van der Waals surface area contributed by atoms with Crippen LogP contribution in [0.5, 0.6) is 0 Å². The third-order valence-electron chi connectivity index (χ3n) is 3.06. The van der Waals surface area contributed by atoms with Crippen LogP contribution in [0, 0.1) is 5.92 Å². The Kier molecular flexibility index (Phi) is 3.68. The Bertz CT molecular complexity index is 404. The first-order valence-electron chi connectivity index (χ1n) is 5.95. The van der Waals surface area contributed by atoms with Gasteiger partial charge in [-0.05, 0) is 25.3 Å². The number of carboxylic acid groups (broad SMARTS) is 1. The van der Waals surface area contributed by atoms with Crippen molar-refractivity contribution in [2.45, 2.75) is 26.3 Å². The summed E-state index contributed by atoms with van der Waals surface area (Å²) in [6.45, 7) is 4.64. The molecule has 2 rings (SSSR count). The molecule has 0 atom stereocenters. The fourth-order valence-electron chi connectivity index (χ4n) is 1.84. The molecule has 5 nitrogen and oxygen atoms in total. The number of hydrogen-bond donors (Lipinski definition) is 1. The Morgan fingerprint density at radius 3 is 2.94 bits per heavy atom. The smallest absolute Gasteiger partial charge is 0.339 e. The van der Waals surface area contributed by atoms with E-state index in [2.05, 4.69) is 21.8 Å². The average molecular weight is 235 g/mol. The molecule has 0 bridgehead atoms. The van der Waals surface area contributed by atoms with E-state index >= 15 is 0 Å². The van der Waals surface area contributed by atoms with Gasteiger partial charge in [0, 0.05) is 19.3 Å². The first kappa shape index (κ1) is 12.0. The molecule has 1 saturated carbocycles. The molecule has 1 fully saturated rings. The van der Waals surface area contributed by atoms with Crippen LogP contribution in [0.1, 0.15) is 35.8 Å². The lowest BCUT2D eigenvalue weighted by molar-refractivity contribution is 0.0693. The van der Waals surface area contributed by atoms with E-state index in [1.54, 1.807) is 0 Å². The molecule has 1 aliphatic carbocycles. The lowest BCUT2D eigenvalue weighted by Gasteiger charge is -2.20. The van der Waals surface area contributed by atoms with Gasteiger partial charge in [-0.1, -0.05) is 6.92 Å². The predicted octanol–water partition coefficient (Wildman–Crippen LogP) is 1.41. The summed E-state index contributed by atoms with van der Waals surface area (Å²) >= 11 is 0. The van der Waals surface area contributed by atoms with Gasteiger partial charge in [0.05, 0.1) is 5.69 Å². The molecule has 0 spiro atoms. The monoisotopic (exact) mass is 235 g/mol. The zero-order valence-corrected chi connectivity index (χ0v) is 9.96. The second-order valence-corrected chi connectivity index (χ2v) is 4.46. The maximum Gasteiger partial charge on any atom is 0.339 e. The van der Waals surface area contributed by atoms with Crippen molar-refractivity contribution in [2.24, 2.45) is 5.92 Å². The van der Waals surface area contributed by atoms with Crippen molar-refractivity contribution in [1.82, 2.24) is 14.9 Å². The van der Waals surface area contributed by atoms with Crippen LogP contribution >= 0.6 is 0 Å². The molecular weight excluding hydrogens is 218 g/mol. The van der Waals surface area contributed by atoms with Crippen LogP contribution in [-0.2, 0) is 6.54 Å². The summed E-state index contributed by atoms with van der Waals surface area (Å²) in [5.74, 6) is -0.159. The van der Waals surface area contributed by atoms with Crippen molar-refractivity contribution in [3.05, 3.63) is 23.8 Å². The summed E-state index contributed by atoms with van der Waals surface area (Å²) in [6.07, 6.45) is 5.38. The van der Waals surface area contributed by atoms with E-state index < -0.39 is 5.97 Å². The molecule has 0 amide bonds. The van der Waals surface area contributed by atoms with Gasteiger partial charge in [0.25, 0.3) is 0 Å². The second-order valence-electron chi connectivity index (χ2n) is 4.46. The summed E-state index contributed by atoms with van der Waals surface area (Å²) in [5.41, 5.74) is 0.816. The van der Waals surface area contributed by atoms with Crippen molar-refractivity contribution >= 4 is 5.97 Å². The van der Waals surface area contributed by atoms with Gasteiger partial charge in [0.2, 0.25) is 0 Å². The number of hydrogen-bond acceptors (Lipinski definition) is 4. The fraction of sp³-hybridized carbons (Fsp3) is 0.583. The zero-order valence-electron chi connectivity index (χ0n) is 9.96. The fourth-order valence-corrected chi connectivity index (χ4v) is 1.84. The molecule has 1 aliphatic rings. The molecule has 17 heavy (non-hydrogen) atoms. The SMILES string of the molecule is CCN(Cc1ncncc1C(=O)O)CC1CC1. The standard InChI is InChI=1S/C12H17N3O2/c1-2-15(6-9-3-4-9)7-11-10(12(16)17)5-13-8-14-11/h5,8-9H,2-4,6-7H2,1H3,(H,16,17). The lowest BCUT2D eigenvalue weighted by atomic mass is 10.2. The quantitative estimate of drug-likeness (QED) is 0.807. The van der Waals surface area contributed by atoms with E-state index in [1.807, 2.05) is 0 Å². The van der Waals surface area contributed by atoms with Crippen LogP contribution in [0.4, 0.5) is 0 Å². The number of aromatic carboxylic acids is 1. The van der Waals surface area contributed by atoms with Crippen LogP contribution in [0.15, 0.2) is 12.5 Å². The first-order valence-corrected chi connectivity index (χ1v) is 5.95. The number of aromatic nitrogens is 2. The highest BCUT2D eigenvalue weighted by Gasteiger charge is 2.24. The van der Waals surface area contributed by atoms with E-state index in [0.29, 0.717) is 12.2 Å². The van der Waals surface area contributed by atoms with Gasteiger partial charge in [-0.3, -0.25) is 4.90 Å².